The van der Waals surface area contributed by atoms with E-state index in [4.69, 9.17) is 15.2 Å². The number of esters is 2. The summed E-state index contributed by atoms with van der Waals surface area (Å²) < 4.78 is 24.9. The number of nitrogens with one attached hydrogen (secondary N) is 1. The van der Waals surface area contributed by atoms with Crippen LogP contribution >= 0.6 is 7.80 Å². The van der Waals surface area contributed by atoms with E-state index in [1.807, 2.05) is 0 Å². The van der Waals surface area contributed by atoms with Gasteiger partial charge in [0.05, 0.1) is 17.2 Å². The molecular formula is C20H29N5O6P+. The maximum absolute atomic E-state index is 12.8. The van der Waals surface area contributed by atoms with Crippen molar-refractivity contribution in [1.29, 1.82) is 0 Å². The lowest BCUT2D eigenvalue weighted by Gasteiger charge is -2.21. The summed E-state index contributed by atoms with van der Waals surface area (Å²) in [6, 6.07) is -1.50. The Morgan fingerprint density at radius 3 is 2.25 bits per heavy atom. The Balaban J connectivity index is 2.10. The molecule has 11 nitrogen and oxygen atoms in total. The number of aromatic amines is 1. The molecule has 0 aliphatic heterocycles. The molecule has 12 heteroatoms. The van der Waals surface area contributed by atoms with E-state index in [-0.39, 0.29) is 24.2 Å². The standard InChI is InChI=1S/C20H28N5O6P/c1-19(2,3)15(27)30-18(31-16(28)20(4,5)6)32(29)10-8-7-9-25-11-22-12-13(25)23-17(21)24-14(12)26/h7-8,11,18H,9-10H2,1-6H3,(H2-,21,23,24,26)/p+1. The number of H-pyrrole nitrogens is 1. The highest BCUT2D eigenvalue weighted by atomic mass is 31.1. The van der Waals surface area contributed by atoms with Crippen LogP contribution in [-0.2, 0) is 30.2 Å². The van der Waals surface area contributed by atoms with Gasteiger partial charge in [0.25, 0.3) is 5.56 Å². The Kier molecular flexibility index (Phi) is 7.56. The van der Waals surface area contributed by atoms with E-state index in [9.17, 15) is 18.9 Å². The van der Waals surface area contributed by atoms with E-state index in [1.54, 1.807) is 58.3 Å². The topological polar surface area (TPSA) is 159 Å². The molecule has 1 atom stereocenters. The van der Waals surface area contributed by atoms with Crippen molar-refractivity contribution in [1.82, 2.24) is 19.5 Å². The van der Waals surface area contributed by atoms with Gasteiger partial charge in [-0.3, -0.25) is 19.4 Å². The first-order chi connectivity index (χ1) is 14.7. The summed E-state index contributed by atoms with van der Waals surface area (Å²) in [5.74, 6) is -1.29. The van der Waals surface area contributed by atoms with Crippen molar-refractivity contribution in [2.75, 3.05) is 11.9 Å². The van der Waals surface area contributed by atoms with Crippen LogP contribution in [0.4, 0.5) is 5.95 Å². The zero-order chi connectivity index (χ0) is 24.3. The van der Waals surface area contributed by atoms with Crippen LogP contribution in [0.1, 0.15) is 41.5 Å². The van der Waals surface area contributed by atoms with E-state index in [2.05, 4.69) is 15.0 Å². The summed E-state index contributed by atoms with van der Waals surface area (Å²) in [6.07, 6.45) is 4.72. The fourth-order valence-electron chi connectivity index (χ4n) is 2.24. The van der Waals surface area contributed by atoms with Crippen molar-refractivity contribution in [3.8, 4) is 0 Å². The third kappa shape index (κ3) is 6.46. The number of nitrogen functional groups attached to an aromatic ring is 1. The number of fused-ring (bicyclic) bond motifs is 1. The Bertz CT molecular complexity index is 1080. The van der Waals surface area contributed by atoms with Gasteiger partial charge in [0.15, 0.2) is 17.3 Å². The highest BCUT2D eigenvalue weighted by Gasteiger charge is 2.41. The third-order valence-corrected chi connectivity index (χ3v) is 5.37. The molecule has 0 aliphatic rings. The van der Waals surface area contributed by atoms with Gasteiger partial charge in [0.2, 0.25) is 5.95 Å². The average molecular weight is 466 g/mol. The summed E-state index contributed by atoms with van der Waals surface area (Å²) in [5.41, 5.74) is 3.89. The monoisotopic (exact) mass is 466 g/mol. The molecule has 0 spiro atoms. The molecule has 2 aromatic heterocycles. The van der Waals surface area contributed by atoms with Gasteiger partial charge in [-0.25, -0.2) is 4.98 Å². The maximum Gasteiger partial charge on any atom is 0.451 e. The molecule has 3 N–H and O–H groups in total. The van der Waals surface area contributed by atoms with E-state index in [1.165, 1.54) is 6.33 Å². The second kappa shape index (κ2) is 9.60. The predicted octanol–water partition coefficient (Wildman–Crippen LogP) is 2.55. The molecule has 0 saturated carbocycles. The highest BCUT2D eigenvalue weighted by Crippen LogP contribution is 2.34. The molecule has 2 rings (SSSR count). The number of hydrogen-bond donors (Lipinski definition) is 2. The fraction of sp³-hybridized carbons (Fsp3) is 0.550. The molecule has 0 amide bonds. The number of aromatic nitrogens is 4. The first-order valence-electron chi connectivity index (χ1n) is 9.91. The van der Waals surface area contributed by atoms with E-state index in [0.717, 1.165) is 0 Å². The largest absolute Gasteiger partial charge is 0.451 e. The number of imidazole rings is 1. The van der Waals surface area contributed by atoms with Gasteiger partial charge in [-0.05, 0) is 47.6 Å². The molecule has 2 heterocycles. The maximum atomic E-state index is 12.8. The van der Waals surface area contributed by atoms with Crippen LogP contribution in [0.3, 0.4) is 0 Å². The van der Waals surface area contributed by atoms with Crippen molar-refractivity contribution >= 4 is 36.9 Å². The second-order valence-corrected chi connectivity index (χ2v) is 10.8. The Morgan fingerprint density at radius 2 is 1.72 bits per heavy atom. The quantitative estimate of drug-likeness (QED) is 0.270. The molecular weight excluding hydrogens is 437 g/mol. The fourth-order valence-corrected chi connectivity index (χ4v) is 3.19. The number of allylic oxidation sites excluding steroid dienone is 2. The zero-order valence-electron chi connectivity index (χ0n) is 19.0. The molecule has 32 heavy (non-hydrogen) atoms. The lowest BCUT2D eigenvalue weighted by molar-refractivity contribution is -0.184. The van der Waals surface area contributed by atoms with Gasteiger partial charge >= 0.3 is 25.8 Å². The summed E-state index contributed by atoms with van der Waals surface area (Å²) in [5, 5.41) is 0. The van der Waals surface area contributed by atoms with E-state index >= 15 is 0 Å². The van der Waals surface area contributed by atoms with Gasteiger partial charge in [0, 0.05) is 6.54 Å². The van der Waals surface area contributed by atoms with Crippen molar-refractivity contribution in [3.05, 3.63) is 28.8 Å². The number of hydrogen-bond acceptors (Lipinski definition) is 9. The van der Waals surface area contributed by atoms with Crippen LogP contribution in [0.25, 0.3) is 11.2 Å². The number of carbonyl (C=O) groups is 2. The first kappa shape index (κ1) is 25.2. The van der Waals surface area contributed by atoms with Gasteiger partial charge in [-0.15, -0.1) is 0 Å². The van der Waals surface area contributed by atoms with Crippen LogP contribution in [0.2, 0.25) is 0 Å². The molecule has 0 saturated heterocycles. The zero-order valence-corrected chi connectivity index (χ0v) is 19.9. The first-order valence-corrected chi connectivity index (χ1v) is 11.4. The molecule has 0 aromatic carbocycles. The average Bonchev–Trinajstić information content (AvgIpc) is 3.05. The minimum Gasteiger partial charge on any atom is -0.384 e. The van der Waals surface area contributed by atoms with E-state index < -0.39 is 42.2 Å². The summed E-state index contributed by atoms with van der Waals surface area (Å²) in [6.45, 7) is 10.2. The van der Waals surface area contributed by atoms with Crippen molar-refractivity contribution in [2.45, 2.75) is 54.1 Å². The lowest BCUT2D eigenvalue weighted by atomic mass is 9.97. The lowest BCUT2D eigenvalue weighted by Crippen LogP contribution is -2.33. The number of nitrogens with two attached hydrogens (primary N) is 1. The minimum absolute atomic E-state index is 0.00235. The number of anilines is 1. The molecule has 1 unspecified atom stereocenters. The van der Waals surface area contributed by atoms with Crippen LogP contribution < -0.4 is 11.3 Å². The normalized spacial score (nSPS) is 13.0. The van der Waals surface area contributed by atoms with Crippen LogP contribution in [0.5, 0.6) is 0 Å². The highest BCUT2D eigenvalue weighted by molar-refractivity contribution is 7.45. The van der Waals surface area contributed by atoms with Crippen molar-refractivity contribution in [3.63, 3.8) is 0 Å². The predicted molar refractivity (Wildman–Crippen MR) is 119 cm³/mol. The van der Waals surface area contributed by atoms with Gasteiger partial charge in [-0.1, -0.05) is 10.6 Å². The van der Waals surface area contributed by atoms with Crippen LogP contribution in [0, 0.1) is 10.8 Å². The molecule has 0 radical (unpaired) electrons. The minimum atomic E-state index is -2.26. The van der Waals surface area contributed by atoms with E-state index in [0.29, 0.717) is 5.65 Å². The third-order valence-electron chi connectivity index (χ3n) is 4.12. The molecule has 174 valence electrons. The number of nitrogens with zero attached hydrogens (tertiary/aromatic N) is 3. The molecule has 0 aliphatic carbocycles. The Hall–Kier alpha value is -3.07. The number of rotatable bonds is 7. The van der Waals surface area contributed by atoms with Crippen LogP contribution in [0.15, 0.2) is 23.3 Å². The number of carbonyl (C=O) groups excluding carboxylic acids is 2. The van der Waals surface area contributed by atoms with Crippen LogP contribution in [-0.4, -0.2) is 43.7 Å². The second-order valence-electron chi connectivity index (χ2n) is 9.21. The Labute approximate surface area is 186 Å². The van der Waals surface area contributed by atoms with Crippen molar-refractivity contribution in [2.24, 2.45) is 10.8 Å². The van der Waals surface area contributed by atoms with Gasteiger partial charge in [0.1, 0.15) is 0 Å². The summed E-state index contributed by atoms with van der Waals surface area (Å²) >= 11 is 0. The Morgan fingerprint density at radius 1 is 1.16 bits per heavy atom. The smallest absolute Gasteiger partial charge is 0.384 e. The molecule has 2 aromatic rings. The number of ether oxygens (including phenoxy) is 2. The molecule has 0 fully saturated rings. The molecule has 0 bridgehead atoms. The summed E-state index contributed by atoms with van der Waals surface area (Å²) in [7, 11) is -2.26. The van der Waals surface area contributed by atoms with Gasteiger partial charge < -0.3 is 19.8 Å². The SMILES string of the molecule is CC(C)(C)C(=O)OC(OC(=O)C(C)(C)C)[P+](=O)CC=CCn1cnc2c(=O)[nH]c(N)nc21. The van der Waals surface area contributed by atoms with Crippen molar-refractivity contribution < 1.29 is 23.6 Å². The summed E-state index contributed by atoms with van der Waals surface area (Å²) in [4.78, 5) is 46.8. The van der Waals surface area contributed by atoms with Gasteiger partial charge in [-0.2, -0.15) is 4.98 Å².